The van der Waals surface area contributed by atoms with E-state index in [0.717, 1.165) is 18.3 Å². The summed E-state index contributed by atoms with van der Waals surface area (Å²) in [7, 11) is 0. The highest BCUT2D eigenvalue weighted by molar-refractivity contribution is 5.81. The lowest BCUT2D eigenvalue weighted by Gasteiger charge is -2.63. The van der Waals surface area contributed by atoms with Crippen LogP contribution in [-0.4, -0.2) is 0 Å². The molecule has 4 fully saturated rings. The van der Waals surface area contributed by atoms with Crippen LogP contribution in [0.1, 0.15) is 91.7 Å². The number of fused-ring (bicyclic) bond motifs is 1. The molecule has 280 valence electrons. The summed E-state index contributed by atoms with van der Waals surface area (Å²) in [5, 5.41) is 0. The highest BCUT2D eigenvalue weighted by atomic mass is 15.2. The molecule has 0 aromatic heterocycles. The van der Waals surface area contributed by atoms with Crippen LogP contribution in [0.2, 0.25) is 0 Å². The van der Waals surface area contributed by atoms with Crippen molar-refractivity contribution in [3.05, 3.63) is 186 Å². The number of rotatable bonds is 12. The molecule has 2 atom stereocenters. The highest BCUT2D eigenvalue weighted by Crippen LogP contribution is 2.66. The van der Waals surface area contributed by atoms with E-state index in [1.807, 2.05) is 6.08 Å². The van der Waals surface area contributed by atoms with Crippen LogP contribution >= 0.6 is 0 Å². The monoisotopic (exact) mass is 730 g/mol. The van der Waals surface area contributed by atoms with E-state index in [1.165, 1.54) is 121 Å². The van der Waals surface area contributed by atoms with Gasteiger partial charge in [0.15, 0.2) is 0 Å². The zero-order valence-electron chi connectivity index (χ0n) is 33.0. The quantitative estimate of drug-likeness (QED) is 0.124. The average molecular weight is 731 g/mol. The van der Waals surface area contributed by atoms with Gasteiger partial charge >= 0.3 is 0 Å². The second kappa shape index (κ2) is 14.3. The van der Waals surface area contributed by atoms with Crippen molar-refractivity contribution in [3.8, 4) is 0 Å². The Morgan fingerprint density at radius 1 is 0.554 bits per heavy atom. The number of hydrogen-bond donors (Lipinski definition) is 0. The molecule has 56 heavy (non-hydrogen) atoms. The Morgan fingerprint density at radius 3 is 1.55 bits per heavy atom. The molecule has 6 aromatic carbocycles. The van der Waals surface area contributed by atoms with E-state index in [4.69, 9.17) is 0 Å². The molecule has 4 saturated carbocycles. The summed E-state index contributed by atoms with van der Waals surface area (Å²) in [5.74, 6) is 1.64. The van der Waals surface area contributed by atoms with E-state index < -0.39 is 0 Å². The van der Waals surface area contributed by atoms with E-state index >= 15 is 0 Å². The van der Waals surface area contributed by atoms with Gasteiger partial charge in [0.25, 0.3) is 0 Å². The molecule has 0 spiro atoms. The van der Waals surface area contributed by atoms with Gasteiger partial charge in [0, 0.05) is 34.1 Å². The highest BCUT2D eigenvalue weighted by Gasteiger charge is 2.58. The zero-order valence-corrected chi connectivity index (χ0v) is 33.0. The van der Waals surface area contributed by atoms with Gasteiger partial charge in [0.1, 0.15) is 0 Å². The molecule has 2 nitrogen and oxygen atoms in total. The van der Waals surface area contributed by atoms with Crippen molar-refractivity contribution < 1.29 is 0 Å². The van der Waals surface area contributed by atoms with E-state index in [-0.39, 0.29) is 5.41 Å². The van der Waals surface area contributed by atoms with Gasteiger partial charge in [0.05, 0.1) is 0 Å². The summed E-state index contributed by atoms with van der Waals surface area (Å²) < 4.78 is 0. The standard InChI is InChI=1S/C54H54N2/c1-3-5-9-40-14-23-48(24-15-40)55(50-28-30-51(31-29-50)56(47-10-7-6-8-11-47)52-25-18-43-16-17-44(43)33-52)49-26-21-46(22-27-49)54-36-41-32-42(37-54)35-53(34-41,38-54)45-19-12-39(4-2)13-20-45/h4,6-8,10-15,18-31,33,41-42H,2-3,5,9,16-17,32,34-38H2,1H3. The average Bonchev–Trinajstić information content (AvgIpc) is 3.22. The Morgan fingerprint density at radius 2 is 1.04 bits per heavy atom. The Hall–Kier alpha value is -5.34. The minimum Gasteiger partial charge on any atom is -0.311 e. The van der Waals surface area contributed by atoms with Crippen molar-refractivity contribution in [2.75, 3.05) is 9.80 Å². The molecule has 11 rings (SSSR count). The molecule has 0 N–H and O–H groups in total. The predicted octanol–water partition coefficient (Wildman–Crippen LogP) is 14.5. The Kier molecular flexibility index (Phi) is 8.97. The molecule has 2 unspecified atom stereocenters. The van der Waals surface area contributed by atoms with Gasteiger partial charge in [-0.15, -0.1) is 0 Å². The fourth-order valence-corrected chi connectivity index (χ4v) is 11.6. The molecule has 5 aliphatic carbocycles. The van der Waals surface area contributed by atoms with E-state index in [1.54, 1.807) is 11.1 Å². The maximum absolute atomic E-state index is 4.01. The maximum Gasteiger partial charge on any atom is 0.0464 e. The molecular formula is C54H54N2. The molecule has 0 saturated heterocycles. The Labute approximate surface area is 334 Å². The fraction of sp³-hybridized carbons (Fsp3) is 0.296. The molecule has 0 radical (unpaired) electrons. The Bertz CT molecular complexity index is 2310. The van der Waals surface area contributed by atoms with E-state index in [2.05, 4.69) is 169 Å². The van der Waals surface area contributed by atoms with Crippen molar-refractivity contribution in [2.45, 2.75) is 88.4 Å². The van der Waals surface area contributed by atoms with Crippen LogP contribution in [0.25, 0.3) is 6.08 Å². The zero-order chi connectivity index (χ0) is 37.7. The van der Waals surface area contributed by atoms with Crippen LogP contribution in [0.4, 0.5) is 34.1 Å². The third-order valence-electron chi connectivity index (χ3n) is 14.1. The van der Waals surface area contributed by atoms with Crippen LogP contribution in [0.5, 0.6) is 0 Å². The van der Waals surface area contributed by atoms with Crippen LogP contribution in [0.15, 0.2) is 152 Å². The summed E-state index contributed by atoms with van der Waals surface area (Å²) in [5.41, 5.74) is 16.4. The SMILES string of the molecule is C=Cc1ccc(C23CC4CC(C2)CC(c2ccc(N(c5ccc(CCCC)cc5)c5ccc(N(c6ccccc6)c6ccc7c(c6)CC7)cc5)cc2)(C4)C3)cc1. The Balaban J connectivity index is 0.996. The molecule has 6 aromatic rings. The van der Waals surface area contributed by atoms with E-state index in [0.29, 0.717) is 5.41 Å². The minimum absolute atomic E-state index is 0.257. The first-order valence-corrected chi connectivity index (χ1v) is 21.3. The van der Waals surface area contributed by atoms with Crippen LogP contribution in [-0.2, 0) is 30.1 Å². The number of para-hydroxylation sites is 1. The number of nitrogens with zero attached hydrogens (tertiary/aromatic N) is 2. The predicted molar refractivity (Wildman–Crippen MR) is 236 cm³/mol. The van der Waals surface area contributed by atoms with Crippen LogP contribution in [0.3, 0.4) is 0 Å². The lowest BCUT2D eigenvalue weighted by atomic mass is 9.42. The topological polar surface area (TPSA) is 6.48 Å². The van der Waals surface area contributed by atoms with E-state index in [9.17, 15) is 0 Å². The summed E-state index contributed by atoms with van der Waals surface area (Å²) in [6, 6.07) is 55.6. The fourth-order valence-electron chi connectivity index (χ4n) is 11.6. The van der Waals surface area contributed by atoms with Gasteiger partial charge in [-0.1, -0.05) is 98.8 Å². The van der Waals surface area contributed by atoms with Crippen LogP contribution in [0, 0.1) is 11.8 Å². The van der Waals surface area contributed by atoms with Crippen molar-refractivity contribution in [1.29, 1.82) is 0 Å². The first-order valence-electron chi connectivity index (χ1n) is 21.3. The van der Waals surface area contributed by atoms with Crippen molar-refractivity contribution >= 4 is 40.2 Å². The molecule has 0 heterocycles. The number of aryl methyl sites for hydroxylation is 3. The first kappa shape index (κ1) is 35.1. The van der Waals surface area contributed by atoms with Gasteiger partial charge in [-0.3, -0.25) is 0 Å². The van der Waals surface area contributed by atoms with Crippen molar-refractivity contribution in [2.24, 2.45) is 11.8 Å². The third kappa shape index (κ3) is 6.28. The molecule has 4 bridgehead atoms. The van der Waals surface area contributed by atoms with Gasteiger partial charge in [0.2, 0.25) is 0 Å². The number of anilines is 6. The summed E-state index contributed by atoms with van der Waals surface area (Å²) in [4.78, 5) is 4.85. The summed E-state index contributed by atoms with van der Waals surface area (Å²) in [6.07, 6.45) is 16.0. The minimum atomic E-state index is 0.257. The van der Waals surface area contributed by atoms with Gasteiger partial charge in [-0.25, -0.2) is 0 Å². The van der Waals surface area contributed by atoms with Gasteiger partial charge < -0.3 is 9.80 Å². The van der Waals surface area contributed by atoms with Crippen molar-refractivity contribution in [1.82, 2.24) is 0 Å². The summed E-state index contributed by atoms with van der Waals surface area (Å²) in [6.45, 7) is 6.28. The van der Waals surface area contributed by atoms with Crippen LogP contribution < -0.4 is 9.80 Å². The lowest BCUT2D eigenvalue weighted by Crippen LogP contribution is -2.55. The third-order valence-corrected chi connectivity index (χ3v) is 14.1. The number of hydrogen-bond acceptors (Lipinski definition) is 2. The van der Waals surface area contributed by atoms with Gasteiger partial charge in [-0.05, 0) is 193 Å². The molecular weight excluding hydrogens is 677 g/mol. The largest absolute Gasteiger partial charge is 0.311 e. The molecule has 0 amide bonds. The summed E-state index contributed by atoms with van der Waals surface area (Å²) >= 11 is 0. The first-order chi connectivity index (χ1) is 27.5. The molecule has 5 aliphatic rings. The smallest absolute Gasteiger partial charge is 0.0464 e. The number of benzene rings is 6. The lowest BCUT2D eigenvalue weighted by molar-refractivity contribution is -0.0281. The second-order valence-electron chi connectivity index (χ2n) is 17.6. The maximum atomic E-state index is 4.01. The molecule has 0 aliphatic heterocycles. The van der Waals surface area contributed by atoms with Crippen molar-refractivity contribution in [3.63, 3.8) is 0 Å². The number of unbranched alkanes of at least 4 members (excludes halogenated alkanes) is 1. The van der Waals surface area contributed by atoms with Gasteiger partial charge in [-0.2, -0.15) is 0 Å². The normalized spacial score (nSPS) is 22.9. The second-order valence-corrected chi connectivity index (χ2v) is 17.6. The molecule has 2 heteroatoms.